The van der Waals surface area contributed by atoms with Crippen LogP contribution < -0.4 is 11.5 Å². The van der Waals surface area contributed by atoms with E-state index in [0.29, 0.717) is 20.5 Å². The van der Waals surface area contributed by atoms with E-state index in [-0.39, 0.29) is 5.96 Å². The molecule has 2 rings (SSSR count). The molecule has 0 unspecified atom stereocenters. The molecule has 0 aliphatic carbocycles. The van der Waals surface area contributed by atoms with Crippen molar-refractivity contribution in [1.29, 1.82) is 0 Å². The summed E-state index contributed by atoms with van der Waals surface area (Å²) in [5, 5.41) is 0. The van der Waals surface area contributed by atoms with Crippen molar-refractivity contribution in [2.45, 2.75) is 0 Å². The van der Waals surface area contributed by atoms with Gasteiger partial charge >= 0.3 is 0 Å². The molecule has 0 saturated carbocycles. The van der Waals surface area contributed by atoms with Crippen molar-refractivity contribution >= 4 is 56.5 Å². The Morgan fingerprint density at radius 1 is 1.25 bits per heavy atom. The minimum absolute atomic E-state index is 0.271. The van der Waals surface area contributed by atoms with Crippen LogP contribution in [0.1, 0.15) is 10.4 Å². The Bertz CT molecular complexity index is 867. The summed E-state index contributed by atoms with van der Waals surface area (Å²) in [7, 11) is -3.67. The van der Waals surface area contributed by atoms with Crippen LogP contribution in [0, 0.1) is 0 Å². The fourth-order valence-electron chi connectivity index (χ4n) is 1.54. The molecule has 7 nitrogen and oxygen atoms in total. The maximum Gasteiger partial charge on any atom is 0.280 e. The van der Waals surface area contributed by atoms with Gasteiger partial charge in [0.15, 0.2) is 5.96 Å². The highest BCUT2D eigenvalue weighted by Crippen LogP contribution is 2.38. The summed E-state index contributed by atoms with van der Waals surface area (Å²) in [5.41, 5.74) is 12.3. The van der Waals surface area contributed by atoms with Gasteiger partial charge in [-0.25, -0.2) is 0 Å². The summed E-state index contributed by atoms with van der Waals surface area (Å²) in [4.78, 5) is 15.2. The van der Waals surface area contributed by atoms with Gasteiger partial charge in [-0.15, -0.1) is 11.3 Å². The fourth-order valence-corrected chi connectivity index (χ4v) is 3.05. The molecule has 0 spiro atoms. The van der Waals surface area contributed by atoms with Gasteiger partial charge in [0, 0.05) is 11.1 Å². The molecule has 0 aliphatic rings. The third-order valence-electron chi connectivity index (χ3n) is 2.31. The predicted octanol–water partition coefficient (Wildman–Crippen LogP) is 2.64. The highest BCUT2D eigenvalue weighted by Gasteiger charge is 2.11. The molecule has 0 fully saturated rings. The van der Waals surface area contributed by atoms with Crippen LogP contribution in [0.15, 0.2) is 35.3 Å². The molecule has 0 saturated heterocycles. The van der Waals surface area contributed by atoms with Gasteiger partial charge in [-0.3, -0.25) is 9.35 Å². The number of hydrogen-bond donors (Lipinski definition) is 3. The summed E-state index contributed by atoms with van der Waals surface area (Å²) in [5.74, 6) is -0.772. The number of halogens is 2. The molecular formula is C13H13Cl2N3O4S2. The van der Waals surface area contributed by atoms with E-state index in [2.05, 4.69) is 4.99 Å². The second kappa shape index (κ2) is 8.45. The van der Waals surface area contributed by atoms with Gasteiger partial charge in [-0.05, 0) is 23.8 Å². The summed E-state index contributed by atoms with van der Waals surface area (Å²) in [6.45, 7) is 0. The van der Waals surface area contributed by atoms with E-state index in [1.54, 1.807) is 24.3 Å². The number of amides is 1. The first-order chi connectivity index (χ1) is 11.0. The number of thiophene rings is 1. The molecular weight excluding hydrogens is 397 g/mol. The number of guanidine groups is 1. The SMILES string of the molecule is CS(=O)(=O)O.NC(N)=NC(=O)c1cccc(-c2cc(Cl)sc2Cl)c1. The molecule has 11 heteroatoms. The number of carbonyl (C=O) groups is 1. The molecule has 2 aromatic rings. The number of rotatable bonds is 2. The summed E-state index contributed by atoms with van der Waals surface area (Å²) in [6, 6.07) is 8.60. The first-order valence-electron chi connectivity index (χ1n) is 6.09. The molecule has 0 atom stereocenters. The van der Waals surface area contributed by atoms with E-state index in [1.807, 2.05) is 6.07 Å². The minimum atomic E-state index is -3.67. The Hall–Kier alpha value is -1.65. The average Bonchev–Trinajstić information content (AvgIpc) is 2.75. The van der Waals surface area contributed by atoms with Crippen LogP contribution in [0.5, 0.6) is 0 Å². The number of nitrogens with zero attached hydrogens (tertiary/aromatic N) is 1. The zero-order chi connectivity index (χ0) is 18.5. The topological polar surface area (TPSA) is 136 Å². The molecule has 0 radical (unpaired) electrons. The summed E-state index contributed by atoms with van der Waals surface area (Å²) >= 11 is 13.2. The second-order valence-corrected chi connectivity index (χ2v) is 8.15. The fraction of sp³-hybridized carbons (Fsp3) is 0.0769. The van der Waals surface area contributed by atoms with E-state index >= 15 is 0 Å². The van der Waals surface area contributed by atoms with Crippen molar-refractivity contribution in [2.24, 2.45) is 16.5 Å². The lowest BCUT2D eigenvalue weighted by Crippen LogP contribution is -2.24. The molecule has 5 N–H and O–H groups in total. The van der Waals surface area contributed by atoms with Crippen LogP contribution in [0.2, 0.25) is 8.67 Å². The number of nitrogens with two attached hydrogens (primary N) is 2. The Balaban J connectivity index is 0.000000505. The first-order valence-corrected chi connectivity index (χ1v) is 9.51. The van der Waals surface area contributed by atoms with Gasteiger partial charge in [0.1, 0.15) is 4.34 Å². The van der Waals surface area contributed by atoms with Crippen molar-refractivity contribution in [3.8, 4) is 11.1 Å². The normalized spacial score (nSPS) is 10.5. The summed E-state index contributed by atoms with van der Waals surface area (Å²) < 4.78 is 27.0. The largest absolute Gasteiger partial charge is 0.370 e. The van der Waals surface area contributed by atoms with Crippen molar-refractivity contribution in [2.75, 3.05) is 6.26 Å². The van der Waals surface area contributed by atoms with Gasteiger partial charge in [0.25, 0.3) is 16.0 Å². The lowest BCUT2D eigenvalue weighted by molar-refractivity contribution is 0.100. The Morgan fingerprint density at radius 3 is 2.29 bits per heavy atom. The lowest BCUT2D eigenvalue weighted by Gasteiger charge is -2.02. The van der Waals surface area contributed by atoms with E-state index < -0.39 is 16.0 Å². The monoisotopic (exact) mass is 409 g/mol. The Kier molecular flexibility index (Phi) is 7.18. The van der Waals surface area contributed by atoms with E-state index in [1.165, 1.54) is 11.3 Å². The van der Waals surface area contributed by atoms with Crippen molar-refractivity contribution in [3.05, 3.63) is 44.6 Å². The van der Waals surface area contributed by atoms with Gasteiger partial charge in [0.2, 0.25) is 0 Å². The number of hydrogen-bond acceptors (Lipinski definition) is 4. The molecule has 1 heterocycles. The second-order valence-electron chi connectivity index (χ2n) is 4.39. The van der Waals surface area contributed by atoms with E-state index in [9.17, 15) is 13.2 Å². The van der Waals surface area contributed by atoms with Gasteiger partial charge in [-0.1, -0.05) is 35.3 Å². The van der Waals surface area contributed by atoms with E-state index in [0.717, 1.165) is 11.1 Å². The third kappa shape index (κ3) is 7.28. The molecule has 0 aliphatic heterocycles. The van der Waals surface area contributed by atoms with Gasteiger partial charge in [-0.2, -0.15) is 13.4 Å². The minimum Gasteiger partial charge on any atom is -0.370 e. The van der Waals surface area contributed by atoms with Crippen molar-refractivity contribution < 1.29 is 17.8 Å². The molecule has 0 bridgehead atoms. The smallest absolute Gasteiger partial charge is 0.280 e. The molecule has 130 valence electrons. The molecule has 24 heavy (non-hydrogen) atoms. The van der Waals surface area contributed by atoms with E-state index in [4.69, 9.17) is 39.2 Å². The lowest BCUT2D eigenvalue weighted by atomic mass is 10.1. The third-order valence-corrected chi connectivity index (χ3v) is 3.80. The van der Waals surface area contributed by atoms with Gasteiger partial charge < -0.3 is 11.5 Å². The first kappa shape index (κ1) is 20.4. The van der Waals surface area contributed by atoms with Crippen molar-refractivity contribution in [3.63, 3.8) is 0 Å². The quantitative estimate of drug-likeness (QED) is 0.396. The summed E-state index contributed by atoms with van der Waals surface area (Å²) in [6.07, 6.45) is 0.715. The predicted molar refractivity (Wildman–Crippen MR) is 97.4 cm³/mol. The maximum atomic E-state index is 11.7. The highest BCUT2D eigenvalue weighted by atomic mass is 35.5. The molecule has 1 amide bonds. The number of aliphatic imine (C=N–C) groups is 1. The van der Waals surface area contributed by atoms with Crippen molar-refractivity contribution in [1.82, 2.24) is 0 Å². The number of carbonyl (C=O) groups excluding carboxylic acids is 1. The Labute approximate surface area is 152 Å². The standard InChI is InChI=1S/C12H9Cl2N3OS.CH4O3S/c13-9-5-8(10(14)19-9)6-2-1-3-7(4-6)11(18)17-12(15)16;1-5(2,3)4/h1-5H,(H4,15,16,17,18);1H3,(H,2,3,4). The van der Waals surface area contributed by atoms with Crippen LogP contribution in [-0.4, -0.2) is 31.1 Å². The van der Waals surface area contributed by atoms with Crippen LogP contribution >= 0.6 is 34.5 Å². The molecule has 1 aromatic heterocycles. The zero-order valence-corrected chi connectivity index (χ0v) is 15.4. The number of benzene rings is 1. The molecule has 1 aromatic carbocycles. The highest BCUT2D eigenvalue weighted by molar-refractivity contribution is 7.85. The van der Waals surface area contributed by atoms with Gasteiger partial charge in [0.05, 0.1) is 10.6 Å². The van der Waals surface area contributed by atoms with Crippen LogP contribution in [0.3, 0.4) is 0 Å². The maximum absolute atomic E-state index is 11.7. The van der Waals surface area contributed by atoms with Crippen LogP contribution in [0.4, 0.5) is 0 Å². The van der Waals surface area contributed by atoms with Crippen LogP contribution in [0.25, 0.3) is 11.1 Å². The average molecular weight is 410 g/mol. The Morgan fingerprint density at radius 2 is 1.83 bits per heavy atom. The zero-order valence-electron chi connectivity index (χ0n) is 12.2. The van der Waals surface area contributed by atoms with Crippen LogP contribution in [-0.2, 0) is 10.1 Å².